The van der Waals surface area contributed by atoms with Crippen LogP contribution in [0.15, 0.2) is 36.8 Å². The fraction of sp³-hybridized carbons (Fsp3) is 0.536. The van der Waals surface area contributed by atoms with E-state index in [9.17, 15) is 13.2 Å². The van der Waals surface area contributed by atoms with Crippen molar-refractivity contribution in [2.24, 2.45) is 0 Å². The number of fused-ring (bicyclic) bond motifs is 2. The average Bonchev–Trinajstić information content (AvgIpc) is 3.60. The molecule has 0 amide bonds. The van der Waals surface area contributed by atoms with Crippen LogP contribution in [0.2, 0.25) is 0 Å². The van der Waals surface area contributed by atoms with Crippen molar-refractivity contribution >= 4 is 27.9 Å². The van der Waals surface area contributed by atoms with Crippen molar-refractivity contribution in [3.05, 3.63) is 42.6 Å². The standard InChI is InChI=1S/C18H27N5O.C10H9F3N2O/c1-12(2)23(13-4-3-5-13)10-14-6-7-16(24-14)22-9-8-15-17(19)20-11-21-18(15)22;1-2-9-14-7-4-3-6(5-8(7)15-9)16-10(11,12)13/h8-9,11-14,16H,3-7,10H2,1-2H3,(H2,19,20,21);3-5H,2H2,1H3,(H,14,15). The Balaban J connectivity index is 0.000000176. The van der Waals surface area contributed by atoms with Crippen molar-refractivity contribution in [2.75, 3.05) is 12.3 Å². The molecule has 2 unspecified atom stereocenters. The second kappa shape index (κ2) is 11.6. The van der Waals surface area contributed by atoms with Crippen molar-refractivity contribution in [1.82, 2.24) is 29.4 Å². The van der Waals surface area contributed by atoms with E-state index in [4.69, 9.17) is 10.5 Å². The number of aryl methyl sites for hydroxylation is 1. The Labute approximate surface area is 230 Å². The molecule has 4 heterocycles. The maximum atomic E-state index is 12.0. The molecule has 2 aliphatic rings. The number of nitrogens with one attached hydrogen (secondary N) is 1. The lowest BCUT2D eigenvalue weighted by Crippen LogP contribution is -2.47. The van der Waals surface area contributed by atoms with Gasteiger partial charge in [-0.2, -0.15) is 0 Å². The van der Waals surface area contributed by atoms with Gasteiger partial charge < -0.3 is 24.8 Å². The number of H-pyrrole nitrogens is 1. The molecule has 1 aliphatic carbocycles. The number of anilines is 1. The quantitative estimate of drug-likeness (QED) is 0.287. The SMILES string of the molecule is CC(C)N(CC1CCC(n2ccc3c(N)ncnc32)O1)C1CCC1.CCc1nc2ccc(OC(F)(F)F)cc2[nH]1. The number of benzene rings is 1. The van der Waals surface area contributed by atoms with Gasteiger partial charge in [0.1, 0.15) is 35.6 Å². The van der Waals surface area contributed by atoms with Gasteiger partial charge in [-0.15, -0.1) is 13.2 Å². The second-order valence-corrected chi connectivity index (χ2v) is 10.6. The number of nitrogens with zero attached hydrogens (tertiary/aromatic N) is 5. The third-order valence-corrected chi connectivity index (χ3v) is 7.63. The number of ether oxygens (including phenoxy) is 2. The molecule has 3 aromatic heterocycles. The van der Waals surface area contributed by atoms with Gasteiger partial charge in [0, 0.05) is 37.3 Å². The van der Waals surface area contributed by atoms with E-state index in [0.717, 1.165) is 42.3 Å². The topological polar surface area (TPSA) is 107 Å². The summed E-state index contributed by atoms with van der Waals surface area (Å²) in [4.78, 5) is 18.2. The maximum absolute atomic E-state index is 12.0. The normalized spacial score (nSPS) is 19.8. The van der Waals surface area contributed by atoms with Crippen LogP contribution in [0.4, 0.5) is 19.0 Å². The molecule has 3 N–H and O–H groups in total. The second-order valence-electron chi connectivity index (χ2n) is 10.6. The number of rotatable bonds is 7. The highest BCUT2D eigenvalue weighted by Crippen LogP contribution is 2.34. The molecule has 4 aromatic rings. The van der Waals surface area contributed by atoms with Crippen molar-refractivity contribution in [3.8, 4) is 5.75 Å². The molecule has 1 aromatic carbocycles. The zero-order chi connectivity index (χ0) is 28.4. The fourth-order valence-electron chi connectivity index (χ4n) is 5.39. The van der Waals surface area contributed by atoms with Gasteiger partial charge in [-0.05, 0) is 57.7 Å². The van der Waals surface area contributed by atoms with E-state index in [-0.39, 0.29) is 12.0 Å². The van der Waals surface area contributed by atoms with Crippen LogP contribution >= 0.6 is 0 Å². The number of nitrogen functional groups attached to an aromatic ring is 1. The highest BCUT2D eigenvalue weighted by molar-refractivity contribution is 5.86. The van der Waals surface area contributed by atoms with Crippen LogP contribution in [0.5, 0.6) is 5.75 Å². The molecule has 40 heavy (non-hydrogen) atoms. The number of nitrogens with two attached hydrogens (primary N) is 1. The zero-order valence-corrected chi connectivity index (χ0v) is 23.0. The minimum absolute atomic E-state index is 0.0530. The van der Waals surface area contributed by atoms with Crippen LogP contribution in [0, 0.1) is 0 Å². The number of hydrogen-bond donors (Lipinski definition) is 2. The molecule has 2 fully saturated rings. The first-order chi connectivity index (χ1) is 19.1. The summed E-state index contributed by atoms with van der Waals surface area (Å²) in [6.45, 7) is 7.54. The smallest absolute Gasteiger partial charge is 0.406 e. The summed E-state index contributed by atoms with van der Waals surface area (Å²) >= 11 is 0. The van der Waals surface area contributed by atoms with E-state index in [1.54, 1.807) is 0 Å². The van der Waals surface area contributed by atoms with E-state index < -0.39 is 6.36 Å². The summed E-state index contributed by atoms with van der Waals surface area (Å²) in [6, 6.07) is 7.35. The lowest BCUT2D eigenvalue weighted by Gasteiger charge is -2.41. The lowest BCUT2D eigenvalue weighted by molar-refractivity contribution is -0.274. The van der Waals surface area contributed by atoms with Gasteiger partial charge in [-0.25, -0.2) is 15.0 Å². The third kappa shape index (κ3) is 6.33. The number of halogens is 3. The van der Waals surface area contributed by atoms with Crippen molar-refractivity contribution in [1.29, 1.82) is 0 Å². The lowest BCUT2D eigenvalue weighted by atomic mass is 9.90. The average molecular weight is 560 g/mol. The predicted octanol–water partition coefficient (Wildman–Crippen LogP) is 5.98. The highest BCUT2D eigenvalue weighted by Gasteiger charge is 2.34. The van der Waals surface area contributed by atoms with Crippen LogP contribution in [0.25, 0.3) is 22.1 Å². The molecular formula is C28H36F3N7O2. The summed E-state index contributed by atoms with van der Waals surface area (Å²) in [5, 5.41) is 0.905. The van der Waals surface area contributed by atoms with Crippen molar-refractivity contribution in [2.45, 2.75) is 90.1 Å². The molecule has 1 aliphatic heterocycles. The Morgan fingerprint density at radius 3 is 2.65 bits per heavy atom. The van der Waals surface area contributed by atoms with Gasteiger partial charge >= 0.3 is 6.36 Å². The van der Waals surface area contributed by atoms with Gasteiger partial charge in [0.25, 0.3) is 0 Å². The minimum Gasteiger partial charge on any atom is -0.406 e. The predicted molar refractivity (Wildman–Crippen MR) is 147 cm³/mol. The van der Waals surface area contributed by atoms with Crippen molar-refractivity contribution in [3.63, 3.8) is 0 Å². The van der Waals surface area contributed by atoms with E-state index >= 15 is 0 Å². The first-order valence-electron chi connectivity index (χ1n) is 13.8. The van der Waals surface area contributed by atoms with E-state index in [1.165, 1.54) is 43.8 Å². The molecule has 2 atom stereocenters. The number of imidazole rings is 1. The van der Waals surface area contributed by atoms with Crippen LogP contribution < -0.4 is 10.5 Å². The Morgan fingerprint density at radius 2 is 1.98 bits per heavy atom. The monoisotopic (exact) mass is 559 g/mol. The zero-order valence-electron chi connectivity index (χ0n) is 23.0. The van der Waals surface area contributed by atoms with Gasteiger partial charge in [-0.1, -0.05) is 13.3 Å². The molecular weight excluding hydrogens is 523 g/mol. The molecule has 9 nitrogen and oxygen atoms in total. The summed E-state index contributed by atoms with van der Waals surface area (Å²) < 4.78 is 48.2. The van der Waals surface area contributed by atoms with Gasteiger partial charge in [0.2, 0.25) is 0 Å². The summed E-state index contributed by atoms with van der Waals surface area (Å²) in [5.74, 6) is 1.02. The van der Waals surface area contributed by atoms with Crippen LogP contribution in [0.1, 0.15) is 64.9 Å². The third-order valence-electron chi connectivity index (χ3n) is 7.63. The number of aromatic amines is 1. The van der Waals surface area contributed by atoms with Crippen molar-refractivity contribution < 1.29 is 22.6 Å². The highest BCUT2D eigenvalue weighted by atomic mass is 19.4. The van der Waals surface area contributed by atoms with Gasteiger partial charge in [0.05, 0.1) is 22.5 Å². The first-order valence-corrected chi connectivity index (χ1v) is 13.8. The molecule has 6 rings (SSSR count). The minimum atomic E-state index is -4.67. The molecule has 1 saturated heterocycles. The Morgan fingerprint density at radius 1 is 1.18 bits per heavy atom. The summed E-state index contributed by atoms with van der Waals surface area (Å²) in [6.07, 6.45) is 6.11. The summed E-state index contributed by atoms with van der Waals surface area (Å²) in [5.41, 5.74) is 7.98. The van der Waals surface area contributed by atoms with E-state index in [1.807, 2.05) is 19.2 Å². The molecule has 216 valence electrons. The Bertz CT molecular complexity index is 1430. The van der Waals surface area contributed by atoms with Gasteiger partial charge in [0.15, 0.2) is 0 Å². The van der Waals surface area contributed by atoms with Crippen LogP contribution in [-0.4, -0.2) is 60.5 Å². The first kappa shape index (κ1) is 28.2. The largest absolute Gasteiger partial charge is 0.573 e. The molecule has 12 heteroatoms. The fourth-order valence-corrected chi connectivity index (χ4v) is 5.39. The van der Waals surface area contributed by atoms with Gasteiger partial charge in [-0.3, -0.25) is 4.90 Å². The van der Waals surface area contributed by atoms with E-state index in [0.29, 0.717) is 35.4 Å². The molecule has 0 spiro atoms. The van der Waals surface area contributed by atoms with Crippen LogP contribution in [-0.2, 0) is 11.2 Å². The maximum Gasteiger partial charge on any atom is 0.573 e. The Hall–Kier alpha value is -3.38. The number of alkyl halides is 3. The molecule has 0 bridgehead atoms. The van der Waals surface area contributed by atoms with Crippen LogP contribution in [0.3, 0.4) is 0 Å². The molecule has 1 saturated carbocycles. The summed E-state index contributed by atoms with van der Waals surface area (Å²) in [7, 11) is 0. The molecule has 0 radical (unpaired) electrons. The number of aromatic nitrogens is 5. The van der Waals surface area contributed by atoms with E-state index in [2.05, 4.69) is 48.0 Å². The number of hydrogen-bond acceptors (Lipinski definition) is 7. The Kier molecular flexibility index (Phi) is 8.18.